The molecule has 3 rings (SSSR count). The summed E-state index contributed by atoms with van der Waals surface area (Å²) >= 11 is -2.64. The monoisotopic (exact) mass is 243 g/mol. The van der Waals surface area contributed by atoms with Gasteiger partial charge in [-0.2, -0.15) is 4.21 Å². The Balaban J connectivity index is 1.91. The zero-order chi connectivity index (χ0) is 11.4. The summed E-state index contributed by atoms with van der Waals surface area (Å²) in [6, 6.07) is 0. The summed E-state index contributed by atoms with van der Waals surface area (Å²) in [5.41, 5.74) is 0. The Morgan fingerprint density at radius 3 is 2.19 bits per heavy atom. The molecule has 1 saturated heterocycles. The van der Waals surface area contributed by atoms with E-state index in [1.807, 2.05) is 12.2 Å². The van der Waals surface area contributed by atoms with Crippen LogP contribution in [0.1, 0.15) is 6.42 Å². The maximum Gasteiger partial charge on any atom is 0.325 e. The molecule has 0 spiro atoms. The molecule has 1 saturated carbocycles. The lowest BCUT2D eigenvalue weighted by atomic mass is 9.85. The van der Waals surface area contributed by atoms with Crippen LogP contribution in [0.25, 0.3) is 0 Å². The Morgan fingerprint density at radius 1 is 1.25 bits per heavy atom. The van der Waals surface area contributed by atoms with Gasteiger partial charge in [-0.3, -0.25) is 14.1 Å². The lowest BCUT2D eigenvalue weighted by Gasteiger charge is -2.13. The minimum atomic E-state index is -2.64. The first kappa shape index (κ1) is 10.1. The third-order valence-corrected chi connectivity index (χ3v) is 3.84. The largest absolute Gasteiger partial charge is 0.325 e. The number of allylic oxidation sites excluding steroid dienone is 2. The summed E-state index contributed by atoms with van der Waals surface area (Å²) in [6.07, 6.45) is 4.70. The predicted molar refractivity (Wildman–Crippen MR) is 51.4 cm³/mol. The van der Waals surface area contributed by atoms with E-state index in [4.69, 9.17) is 4.55 Å². The van der Waals surface area contributed by atoms with E-state index in [0.29, 0.717) is 5.06 Å². The SMILES string of the molecule is O=C1C2C3C=C[C@@H](C3)C2C(=O)N1OS(=O)O. The van der Waals surface area contributed by atoms with Crippen LogP contribution in [0.3, 0.4) is 0 Å². The third kappa shape index (κ3) is 1.16. The normalized spacial score (nSPS) is 41.9. The molecule has 7 heteroatoms. The number of hydroxylamine groups is 2. The number of nitrogens with zero attached hydrogens (tertiary/aromatic N) is 1. The van der Waals surface area contributed by atoms with E-state index < -0.39 is 35.0 Å². The van der Waals surface area contributed by atoms with E-state index >= 15 is 0 Å². The van der Waals surface area contributed by atoms with Crippen molar-refractivity contribution in [1.29, 1.82) is 0 Å². The van der Waals surface area contributed by atoms with Crippen LogP contribution in [0.5, 0.6) is 0 Å². The van der Waals surface area contributed by atoms with Gasteiger partial charge in [0.15, 0.2) is 0 Å². The van der Waals surface area contributed by atoms with E-state index in [1.165, 1.54) is 0 Å². The lowest BCUT2D eigenvalue weighted by Crippen LogP contribution is -2.33. The molecule has 0 radical (unpaired) electrons. The van der Waals surface area contributed by atoms with E-state index in [9.17, 15) is 13.8 Å². The highest BCUT2D eigenvalue weighted by Gasteiger charge is 2.60. The zero-order valence-corrected chi connectivity index (χ0v) is 8.92. The number of rotatable bonds is 2. The number of imide groups is 1. The van der Waals surface area contributed by atoms with Crippen LogP contribution in [-0.4, -0.2) is 25.6 Å². The van der Waals surface area contributed by atoms with Gasteiger partial charge in [-0.25, -0.2) is 0 Å². The molecular weight excluding hydrogens is 234 g/mol. The predicted octanol–water partition coefficient (Wildman–Crippen LogP) is -0.138. The average Bonchev–Trinajstić information content (AvgIpc) is 2.87. The number of hydrogen-bond acceptors (Lipinski definition) is 4. The maximum atomic E-state index is 11.8. The second kappa shape index (κ2) is 3.22. The first-order valence-electron chi connectivity index (χ1n) is 4.95. The summed E-state index contributed by atoms with van der Waals surface area (Å²) in [7, 11) is 0. The van der Waals surface area contributed by atoms with Crippen molar-refractivity contribution in [3.05, 3.63) is 12.2 Å². The standard InChI is InChI=1S/C9H9NO5S/c11-8-6-4-1-2-5(3-4)7(6)9(12)10(8)15-16(13)14/h1-2,4-7H,3H2,(H,13,14)/t4-,5?,6?,7?/m0/s1. The molecule has 16 heavy (non-hydrogen) atoms. The quantitative estimate of drug-likeness (QED) is 0.414. The van der Waals surface area contributed by atoms with Crippen molar-refractivity contribution in [2.45, 2.75) is 6.42 Å². The second-order valence-corrected chi connectivity index (χ2v) is 4.85. The first-order valence-corrected chi connectivity index (χ1v) is 5.98. The molecule has 6 nitrogen and oxygen atoms in total. The molecule has 3 aliphatic rings. The van der Waals surface area contributed by atoms with Gasteiger partial charge in [0.1, 0.15) is 0 Å². The van der Waals surface area contributed by atoms with Gasteiger partial charge in [0.25, 0.3) is 11.8 Å². The summed E-state index contributed by atoms with van der Waals surface area (Å²) in [5.74, 6) is -1.63. The second-order valence-electron chi connectivity index (χ2n) is 4.26. The number of carbonyl (C=O) groups is 2. The molecule has 4 unspecified atom stereocenters. The van der Waals surface area contributed by atoms with Gasteiger partial charge < -0.3 is 0 Å². The number of fused-ring (bicyclic) bond motifs is 5. The van der Waals surface area contributed by atoms with Gasteiger partial charge in [0.05, 0.1) is 11.8 Å². The Morgan fingerprint density at radius 2 is 1.75 bits per heavy atom. The molecule has 5 atom stereocenters. The molecule has 86 valence electrons. The first-order chi connectivity index (χ1) is 7.59. The van der Waals surface area contributed by atoms with Gasteiger partial charge in [-0.1, -0.05) is 12.2 Å². The summed E-state index contributed by atoms with van der Waals surface area (Å²) in [5, 5.41) is 0.456. The van der Waals surface area contributed by atoms with Gasteiger partial charge >= 0.3 is 11.4 Å². The van der Waals surface area contributed by atoms with Gasteiger partial charge in [0, 0.05) is 0 Å². The fraction of sp³-hybridized carbons (Fsp3) is 0.556. The number of carbonyl (C=O) groups excluding carboxylic acids is 2. The zero-order valence-electron chi connectivity index (χ0n) is 8.11. The number of hydrogen-bond donors (Lipinski definition) is 1. The van der Waals surface area contributed by atoms with E-state index in [1.54, 1.807) is 0 Å². The van der Waals surface area contributed by atoms with Crippen molar-refractivity contribution in [2.24, 2.45) is 23.7 Å². The van der Waals surface area contributed by atoms with Crippen LogP contribution >= 0.6 is 0 Å². The Kier molecular flexibility index (Phi) is 2.04. The minimum Gasteiger partial charge on any atom is -0.282 e. The Labute approximate surface area is 93.7 Å². The molecule has 1 aliphatic heterocycles. The van der Waals surface area contributed by atoms with Crippen LogP contribution in [0.15, 0.2) is 12.2 Å². The molecule has 0 aromatic carbocycles. The summed E-state index contributed by atoms with van der Waals surface area (Å²) < 4.78 is 23.3. The molecule has 1 N–H and O–H groups in total. The molecule has 2 amide bonds. The molecule has 1 heterocycles. The molecule has 2 fully saturated rings. The highest BCUT2D eigenvalue weighted by atomic mass is 32.2. The van der Waals surface area contributed by atoms with Crippen LogP contribution in [0.2, 0.25) is 0 Å². The van der Waals surface area contributed by atoms with Crippen molar-refractivity contribution >= 4 is 23.2 Å². The molecular formula is C9H9NO5S. The Hall–Kier alpha value is -1.05. The summed E-state index contributed by atoms with van der Waals surface area (Å²) in [4.78, 5) is 23.6. The molecule has 0 aromatic heterocycles. The van der Waals surface area contributed by atoms with Crippen molar-refractivity contribution in [3.63, 3.8) is 0 Å². The highest BCUT2D eigenvalue weighted by Crippen LogP contribution is 2.52. The van der Waals surface area contributed by atoms with Gasteiger partial charge in [-0.05, 0) is 18.3 Å². The third-order valence-electron chi connectivity index (χ3n) is 3.57. The van der Waals surface area contributed by atoms with Crippen LogP contribution in [-0.2, 0) is 25.2 Å². The van der Waals surface area contributed by atoms with Crippen molar-refractivity contribution in [1.82, 2.24) is 5.06 Å². The van der Waals surface area contributed by atoms with Crippen molar-refractivity contribution in [2.75, 3.05) is 0 Å². The van der Waals surface area contributed by atoms with Crippen molar-refractivity contribution < 1.29 is 22.6 Å². The van der Waals surface area contributed by atoms with E-state index in [0.717, 1.165) is 6.42 Å². The fourth-order valence-electron chi connectivity index (χ4n) is 3.01. The fourth-order valence-corrected chi connectivity index (χ4v) is 3.29. The maximum absolute atomic E-state index is 11.8. The van der Waals surface area contributed by atoms with Crippen molar-refractivity contribution in [3.8, 4) is 0 Å². The summed E-state index contributed by atoms with van der Waals surface area (Å²) in [6.45, 7) is 0. The van der Waals surface area contributed by atoms with E-state index in [2.05, 4.69) is 4.28 Å². The topological polar surface area (TPSA) is 83.9 Å². The molecule has 0 aromatic rings. The van der Waals surface area contributed by atoms with Crippen LogP contribution < -0.4 is 0 Å². The smallest absolute Gasteiger partial charge is 0.282 e. The van der Waals surface area contributed by atoms with Crippen LogP contribution in [0, 0.1) is 23.7 Å². The van der Waals surface area contributed by atoms with Crippen LogP contribution in [0.4, 0.5) is 0 Å². The molecule has 2 aliphatic carbocycles. The van der Waals surface area contributed by atoms with Gasteiger partial charge in [-0.15, -0.1) is 9.35 Å². The van der Waals surface area contributed by atoms with Gasteiger partial charge in [0.2, 0.25) is 0 Å². The average molecular weight is 243 g/mol. The number of amides is 2. The lowest BCUT2D eigenvalue weighted by molar-refractivity contribution is -0.166. The minimum absolute atomic E-state index is 0.0761. The Bertz CT molecular complexity index is 404. The van der Waals surface area contributed by atoms with E-state index in [-0.39, 0.29) is 11.8 Å². The highest BCUT2D eigenvalue weighted by molar-refractivity contribution is 7.74. The molecule has 2 bridgehead atoms.